The number of hydrogen-bond acceptors (Lipinski definition) is 4. The van der Waals surface area contributed by atoms with E-state index in [0.29, 0.717) is 23.9 Å². The average Bonchev–Trinajstić information content (AvgIpc) is 2.87. The molecule has 0 aromatic carbocycles. The highest BCUT2D eigenvalue weighted by atomic mass is 16.6. The summed E-state index contributed by atoms with van der Waals surface area (Å²) in [5.41, 5.74) is 0. The van der Waals surface area contributed by atoms with E-state index in [9.17, 15) is 4.79 Å². The third-order valence-electron chi connectivity index (χ3n) is 7.28. The van der Waals surface area contributed by atoms with E-state index in [1.165, 1.54) is 32.1 Å². The van der Waals surface area contributed by atoms with Gasteiger partial charge in [0, 0.05) is 12.5 Å². The van der Waals surface area contributed by atoms with E-state index in [4.69, 9.17) is 9.47 Å². The molecule has 0 radical (unpaired) electrons. The van der Waals surface area contributed by atoms with Crippen molar-refractivity contribution in [2.45, 2.75) is 77.1 Å². The summed E-state index contributed by atoms with van der Waals surface area (Å²) in [6, 6.07) is 0. The normalized spacial score (nSPS) is 46.8. The molecule has 4 rings (SSSR count). The van der Waals surface area contributed by atoms with Crippen molar-refractivity contribution in [2.75, 3.05) is 13.1 Å². The number of rotatable bonds is 3. The van der Waals surface area contributed by atoms with Crippen LogP contribution in [0.5, 0.6) is 0 Å². The Hall–Kier alpha value is -0.610. The van der Waals surface area contributed by atoms with Crippen LogP contribution in [-0.4, -0.2) is 37.4 Å². The van der Waals surface area contributed by atoms with E-state index in [1.54, 1.807) is 0 Å². The van der Waals surface area contributed by atoms with Crippen LogP contribution in [-0.2, 0) is 14.3 Å². The Labute approximate surface area is 146 Å². The van der Waals surface area contributed by atoms with Gasteiger partial charge in [-0.25, -0.2) is 0 Å². The fourth-order valence-corrected chi connectivity index (χ4v) is 6.31. The number of carbonyl (C=O) groups excluding carboxylic acids is 1. The lowest BCUT2D eigenvalue weighted by molar-refractivity contribution is -0.144. The fraction of sp³-hybridized carbons (Fsp3) is 0.950. The molecule has 2 heterocycles. The third kappa shape index (κ3) is 3.01. The lowest BCUT2D eigenvalue weighted by Gasteiger charge is -2.49. The molecule has 0 aromatic rings. The highest BCUT2D eigenvalue weighted by Gasteiger charge is 2.56. The number of nitrogens with one attached hydrogen (secondary N) is 1. The van der Waals surface area contributed by atoms with Crippen molar-refractivity contribution in [3.63, 3.8) is 0 Å². The van der Waals surface area contributed by atoms with Crippen LogP contribution in [0.3, 0.4) is 0 Å². The average molecular weight is 335 g/mol. The predicted octanol–water partition coefficient (Wildman–Crippen LogP) is 3.15. The molecule has 2 aliphatic carbocycles. The van der Waals surface area contributed by atoms with E-state index >= 15 is 0 Å². The number of piperidine rings is 1. The van der Waals surface area contributed by atoms with E-state index in [-0.39, 0.29) is 24.1 Å². The molecule has 0 aromatic heterocycles. The van der Waals surface area contributed by atoms with Crippen molar-refractivity contribution >= 4 is 5.97 Å². The zero-order valence-corrected chi connectivity index (χ0v) is 15.2. The molecule has 136 valence electrons. The Bertz CT molecular complexity index is 462. The SMILES string of the molecule is CC(O[C@H]1CCCNC1)[C@@H]1[C@H]2CCCC[C@@H]2C[C@@H]2C(=O)O[C@@H](C)[C@H]12. The summed E-state index contributed by atoms with van der Waals surface area (Å²) in [6.07, 6.45) is 9.34. The number of cyclic esters (lactones) is 1. The first-order valence-electron chi connectivity index (χ1n) is 10.2. The molecule has 4 fully saturated rings. The van der Waals surface area contributed by atoms with Gasteiger partial charge in [-0.05, 0) is 63.8 Å². The first-order valence-corrected chi connectivity index (χ1v) is 10.2. The van der Waals surface area contributed by atoms with Crippen LogP contribution in [0.2, 0.25) is 0 Å². The summed E-state index contributed by atoms with van der Waals surface area (Å²) < 4.78 is 12.2. The van der Waals surface area contributed by atoms with Gasteiger partial charge in [0.2, 0.25) is 0 Å². The van der Waals surface area contributed by atoms with Gasteiger partial charge in [-0.3, -0.25) is 4.79 Å². The summed E-state index contributed by atoms with van der Waals surface area (Å²) in [5, 5.41) is 3.46. The summed E-state index contributed by atoms with van der Waals surface area (Å²) in [6.45, 7) is 6.47. The number of fused-ring (bicyclic) bond motifs is 2. The van der Waals surface area contributed by atoms with Crippen LogP contribution in [0, 0.1) is 29.6 Å². The zero-order chi connectivity index (χ0) is 16.7. The highest BCUT2D eigenvalue weighted by Crippen LogP contribution is 2.54. The standard InChI is InChI=1S/C20H33NO3/c1-12(23-15-7-5-9-21-11-15)18-16-8-4-3-6-14(16)10-17-19(18)13(2)24-20(17)22/h12-19,21H,3-11H2,1-2H3/t12?,13-,14+,15-,16-,17-,18+,19-/m0/s1. The molecule has 24 heavy (non-hydrogen) atoms. The second-order valence-electron chi connectivity index (χ2n) is 8.66. The molecular formula is C20H33NO3. The smallest absolute Gasteiger partial charge is 0.309 e. The molecule has 8 atom stereocenters. The number of esters is 1. The largest absolute Gasteiger partial charge is 0.462 e. The predicted molar refractivity (Wildman–Crippen MR) is 92.5 cm³/mol. The molecule has 0 spiro atoms. The first kappa shape index (κ1) is 16.8. The van der Waals surface area contributed by atoms with Gasteiger partial charge >= 0.3 is 5.97 Å². The van der Waals surface area contributed by atoms with Crippen LogP contribution in [0.15, 0.2) is 0 Å². The molecule has 2 saturated heterocycles. The maximum absolute atomic E-state index is 12.4. The van der Waals surface area contributed by atoms with E-state index in [1.807, 2.05) is 0 Å². The Morgan fingerprint density at radius 2 is 2.04 bits per heavy atom. The molecule has 1 unspecified atom stereocenters. The molecule has 2 saturated carbocycles. The van der Waals surface area contributed by atoms with Crippen molar-refractivity contribution in [3.05, 3.63) is 0 Å². The molecule has 0 bridgehead atoms. The lowest BCUT2D eigenvalue weighted by Crippen LogP contribution is -2.50. The minimum absolute atomic E-state index is 0.0610. The summed E-state index contributed by atoms with van der Waals surface area (Å²) in [7, 11) is 0. The maximum atomic E-state index is 12.4. The van der Waals surface area contributed by atoms with Gasteiger partial charge in [-0.1, -0.05) is 19.3 Å². The Morgan fingerprint density at radius 3 is 2.83 bits per heavy atom. The van der Waals surface area contributed by atoms with Crippen LogP contribution in [0.4, 0.5) is 0 Å². The van der Waals surface area contributed by atoms with Crippen molar-refractivity contribution < 1.29 is 14.3 Å². The third-order valence-corrected chi connectivity index (χ3v) is 7.28. The number of ether oxygens (including phenoxy) is 2. The van der Waals surface area contributed by atoms with Gasteiger partial charge in [-0.15, -0.1) is 0 Å². The van der Waals surface area contributed by atoms with Gasteiger partial charge in [0.25, 0.3) is 0 Å². The topological polar surface area (TPSA) is 47.6 Å². The molecule has 4 aliphatic rings. The summed E-state index contributed by atoms with van der Waals surface area (Å²) in [5.74, 6) is 2.47. The second kappa shape index (κ2) is 6.95. The van der Waals surface area contributed by atoms with Crippen LogP contribution < -0.4 is 5.32 Å². The minimum Gasteiger partial charge on any atom is -0.462 e. The van der Waals surface area contributed by atoms with E-state index in [0.717, 1.165) is 31.8 Å². The molecule has 1 N–H and O–H groups in total. The lowest BCUT2D eigenvalue weighted by atomic mass is 9.56. The Morgan fingerprint density at radius 1 is 1.21 bits per heavy atom. The van der Waals surface area contributed by atoms with Gasteiger partial charge in [-0.2, -0.15) is 0 Å². The number of hydrogen-bond donors (Lipinski definition) is 1. The summed E-state index contributed by atoms with van der Waals surface area (Å²) >= 11 is 0. The van der Waals surface area contributed by atoms with Gasteiger partial charge < -0.3 is 14.8 Å². The molecule has 4 nitrogen and oxygen atoms in total. The molecule has 0 amide bonds. The van der Waals surface area contributed by atoms with Crippen molar-refractivity contribution in [1.29, 1.82) is 0 Å². The van der Waals surface area contributed by atoms with Crippen LogP contribution >= 0.6 is 0 Å². The minimum atomic E-state index is 0.0610. The van der Waals surface area contributed by atoms with E-state index in [2.05, 4.69) is 19.2 Å². The highest BCUT2D eigenvalue weighted by molar-refractivity contribution is 5.75. The first-order chi connectivity index (χ1) is 11.6. The van der Waals surface area contributed by atoms with Gasteiger partial charge in [0.05, 0.1) is 18.1 Å². The molecule has 4 heteroatoms. The van der Waals surface area contributed by atoms with E-state index < -0.39 is 0 Å². The van der Waals surface area contributed by atoms with Crippen molar-refractivity contribution in [3.8, 4) is 0 Å². The molecular weight excluding hydrogens is 302 g/mol. The molecule has 2 aliphatic heterocycles. The number of carbonyl (C=O) groups is 1. The summed E-state index contributed by atoms with van der Waals surface area (Å²) in [4.78, 5) is 12.4. The van der Waals surface area contributed by atoms with Crippen LogP contribution in [0.1, 0.15) is 58.8 Å². The van der Waals surface area contributed by atoms with Gasteiger partial charge in [0.15, 0.2) is 0 Å². The van der Waals surface area contributed by atoms with Crippen LogP contribution in [0.25, 0.3) is 0 Å². The second-order valence-corrected chi connectivity index (χ2v) is 8.66. The zero-order valence-electron chi connectivity index (χ0n) is 15.2. The fourth-order valence-electron chi connectivity index (χ4n) is 6.31. The quantitative estimate of drug-likeness (QED) is 0.805. The Kier molecular flexibility index (Phi) is 4.88. The van der Waals surface area contributed by atoms with Gasteiger partial charge in [0.1, 0.15) is 6.10 Å². The Balaban J connectivity index is 1.54. The monoisotopic (exact) mass is 335 g/mol. The maximum Gasteiger partial charge on any atom is 0.309 e. The van der Waals surface area contributed by atoms with Crippen molar-refractivity contribution in [2.24, 2.45) is 29.6 Å². The van der Waals surface area contributed by atoms with Crippen molar-refractivity contribution in [1.82, 2.24) is 5.32 Å².